The first kappa shape index (κ1) is 22.1. The van der Waals surface area contributed by atoms with Gasteiger partial charge in [-0.2, -0.15) is 0 Å². The molecule has 0 aromatic heterocycles. The predicted octanol–water partition coefficient (Wildman–Crippen LogP) is 5.11. The Morgan fingerprint density at radius 2 is 1.69 bits per heavy atom. The average Bonchev–Trinajstić information content (AvgIpc) is 2.72. The first-order valence-corrected chi connectivity index (χ1v) is 11.6. The Morgan fingerprint density at radius 1 is 0.971 bits per heavy atom. The number of aryl methyl sites for hydroxylation is 1. The van der Waals surface area contributed by atoms with Crippen molar-refractivity contribution < 1.29 is 34.7 Å². The minimum atomic E-state index is -1.06. The van der Waals surface area contributed by atoms with Gasteiger partial charge in [-0.1, -0.05) is 31.5 Å². The molecule has 4 N–H and O–H groups in total. The molecular formula is C27H23ClO7. The van der Waals surface area contributed by atoms with Gasteiger partial charge in [-0.3, -0.25) is 4.79 Å². The summed E-state index contributed by atoms with van der Waals surface area (Å²) in [6.07, 6.45) is -0.447. The van der Waals surface area contributed by atoms with Crippen molar-refractivity contribution in [3.8, 4) is 28.7 Å². The number of phenolic OH excluding ortho intramolecular Hbond substituents is 4. The number of rotatable bonds is 0. The van der Waals surface area contributed by atoms with Gasteiger partial charge in [0.05, 0.1) is 16.1 Å². The van der Waals surface area contributed by atoms with Crippen LogP contribution in [-0.4, -0.2) is 32.0 Å². The first-order chi connectivity index (χ1) is 16.3. The number of hydrogen-bond acceptors (Lipinski definition) is 7. The number of aromatic hydroxyl groups is 4. The summed E-state index contributed by atoms with van der Waals surface area (Å²) in [6.45, 7) is 7.26. The van der Waals surface area contributed by atoms with Crippen LogP contribution < -0.4 is 4.74 Å². The van der Waals surface area contributed by atoms with Crippen molar-refractivity contribution in [2.24, 2.45) is 0 Å². The second kappa shape index (κ2) is 6.62. The largest absolute Gasteiger partial charge is 0.508 e. The average molecular weight is 495 g/mol. The number of carbonyl (C=O) groups excluding carboxylic acids is 1. The number of phenols is 4. The van der Waals surface area contributed by atoms with E-state index >= 15 is 0 Å². The van der Waals surface area contributed by atoms with E-state index in [1.54, 1.807) is 13.0 Å². The fraction of sp³-hybridized carbons (Fsp3) is 0.296. The Labute approximate surface area is 206 Å². The second-order valence-corrected chi connectivity index (χ2v) is 10.6. The van der Waals surface area contributed by atoms with Crippen LogP contribution in [-0.2, 0) is 16.6 Å². The van der Waals surface area contributed by atoms with E-state index in [2.05, 4.69) is 0 Å². The van der Waals surface area contributed by atoms with E-state index in [0.29, 0.717) is 33.6 Å². The number of benzene rings is 3. The molecule has 1 aliphatic carbocycles. The van der Waals surface area contributed by atoms with Gasteiger partial charge in [0.1, 0.15) is 34.9 Å². The van der Waals surface area contributed by atoms with Crippen LogP contribution in [0.25, 0.3) is 0 Å². The van der Waals surface area contributed by atoms with Crippen molar-refractivity contribution >= 4 is 17.4 Å². The number of ether oxygens (including phenoxy) is 2. The van der Waals surface area contributed by atoms with E-state index < -0.39 is 28.8 Å². The fourth-order valence-electron chi connectivity index (χ4n) is 5.97. The molecule has 7 nitrogen and oxygen atoms in total. The lowest BCUT2D eigenvalue weighted by atomic mass is 9.66. The molecular weight excluding hydrogens is 472 g/mol. The Morgan fingerprint density at radius 3 is 2.40 bits per heavy atom. The molecule has 2 atom stereocenters. The van der Waals surface area contributed by atoms with Crippen LogP contribution in [0.4, 0.5) is 0 Å². The maximum atomic E-state index is 13.7. The number of halogens is 1. The van der Waals surface area contributed by atoms with Crippen LogP contribution >= 0.6 is 11.6 Å². The molecule has 180 valence electrons. The van der Waals surface area contributed by atoms with Crippen molar-refractivity contribution in [3.63, 3.8) is 0 Å². The van der Waals surface area contributed by atoms with E-state index in [1.165, 1.54) is 6.07 Å². The smallest absolute Gasteiger partial charge is 0.212 e. The van der Waals surface area contributed by atoms with E-state index in [4.69, 9.17) is 21.1 Å². The highest BCUT2D eigenvalue weighted by atomic mass is 35.5. The zero-order chi connectivity index (χ0) is 25.2. The van der Waals surface area contributed by atoms with Gasteiger partial charge in [0.25, 0.3) is 0 Å². The van der Waals surface area contributed by atoms with Crippen molar-refractivity contribution in [1.82, 2.24) is 0 Å². The van der Waals surface area contributed by atoms with E-state index in [-0.39, 0.29) is 39.8 Å². The van der Waals surface area contributed by atoms with Crippen molar-refractivity contribution in [2.75, 3.05) is 0 Å². The molecule has 0 fully saturated rings. The maximum Gasteiger partial charge on any atom is 0.212 e. The van der Waals surface area contributed by atoms with Crippen LogP contribution in [0.5, 0.6) is 28.7 Å². The number of hydrogen-bond donors (Lipinski definition) is 4. The molecule has 35 heavy (non-hydrogen) atoms. The van der Waals surface area contributed by atoms with Gasteiger partial charge in [0.15, 0.2) is 0 Å². The molecule has 0 amide bonds. The third-order valence-electron chi connectivity index (χ3n) is 7.46. The van der Waals surface area contributed by atoms with Crippen LogP contribution in [0.3, 0.4) is 0 Å². The van der Waals surface area contributed by atoms with E-state index in [1.807, 2.05) is 26.8 Å². The Balaban J connectivity index is 1.67. The summed E-state index contributed by atoms with van der Waals surface area (Å²) in [6, 6.07) is 6.01. The highest BCUT2D eigenvalue weighted by Gasteiger charge is 2.50. The number of carbonyl (C=O) groups is 1. The Kier molecular flexibility index (Phi) is 4.17. The molecule has 6 rings (SSSR count). The summed E-state index contributed by atoms with van der Waals surface area (Å²) in [7, 11) is 0. The standard InChI is InChI=1S/C27H23ClO7/c1-10-5-12(29)7-16-17(10)25-18-11(9-27(4,34-16)35-25)6-13-19(23(18)32)24(33)20-14(30)8-15(31)22(28)21(20)26(13,2)3/h5-8,25,29-32H,9H2,1-4H3/t25-,27+/m1/s1. The lowest BCUT2D eigenvalue weighted by Crippen LogP contribution is -2.47. The summed E-state index contributed by atoms with van der Waals surface area (Å²) in [5.41, 5.74) is 2.52. The zero-order valence-corrected chi connectivity index (χ0v) is 20.2. The molecule has 0 saturated heterocycles. The van der Waals surface area contributed by atoms with E-state index in [9.17, 15) is 25.2 Å². The minimum absolute atomic E-state index is 0.0149. The molecule has 0 saturated carbocycles. The van der Waals surface area contributed by atoms with Crippen LogP contribution in [0.1, 0.15) is 76.2 Å². The molecule has 2 aliphatic heterocycles. The molecule has 3 aromatic carbocycles. The molecule has 2 bridgehead atoms. The third-order valence-corrected chi connectivity index (χ3v) is 7.85. The van der Waals surface area contributed by atoms with Gasteiger partial charge < -0.3 is 29.9 Å². The predicted molar refractivity (Wildman–Crippen MR) is 127 cm³/mol. The first-order valence-electron chi connectivity index (χ1n) is 11.2. The molecule has 3 aliphatic rings. The Bertz CT molecular complexity index is 1510. The van der Waals surface area contributed by atoms with Crippen LogP contribution in [0, 0.1) is 6.92 Å². The highest BCUT2D eigenvalue weighted by molar-refractivity contribution is 6.34. The van der Waals surface area contributed by atoms with Gasteiger partial charge >= 0.3 is 0 Å². The van der Waals surface area contributed by atoms with Crippen LogP contribution in [0.2, 0.25) is 5.02 Å². The molecule has 8 heteroatoms. The fourth-order valence-corrected chi connectivity index (χ4v) is 6.35. The van der Waals surface area contributed by atoms with Crippen molar-refractivity contribution in [2.45, 2.75) is 51.4 Å². The highest BCUT2D eigenvalue weighted by Crippen LogP contribution is 2.57. The molecule has 3 aromatic rings. The zero-order valence-electron chi connectivity index (χ0n) is 19.5. The van der Waals surface area contributed by atoms with Crippen molar-refractivity contribution in [1.29, 1.82) is 0 Å². The number of ketones is 1. The Hall–Kier alpha value is -3.42. The third kappa shape index (κ3) is 2.73. The summed E-state index contributed by atoms with van der Waals surface area (Å²) < 4.78 is 12.4. The van der Waals surface area contributed by atoms with Crippen molar-refractivity contribution in [3.05, 3.63) is 73.8 Å². The second-order valence-electron chi connectivity index (χ2n) is 10.2. The lowest BCUT2D eigenvalue weighted by molar-refractivity contribution is -0.216. The maximum absolute atomic E-state index is 13.7. The summed E-state index contributed by atoms with van der Waals surface area (Å²) in [5, 5.41) is 42.6. The summed E-state index contributed by atoms with van der Waals surface area (Å²) in [4.78, 5) is 13.7. The molecule has 0 unspecified atom stereocenters. The van der Waals surface area contributed by atoms with Gasteiger partial charge in [0.2, 0.25) is 11.6 Å². The minimum Gasteiger partial charge on any atom is -0.508 e. The lowest BCUT2D eigenvalue weighted by Gasteiger charge is -2.46. The molecule has 0 radical (unpaired) electrons. The van der Waals surface area contributed by atoms with E-state index in [0.717, 1.165) is 11.6 Å². The normalized spacial score (nSPS) is 23.0. The topological polar surface area (TPSA) is 116 Å². The molecule has 2 heterocycles. The number of fused-ring (bicyclic) bond motifs is 8. The van der Waals surface area contributed by atoms with Crippen LogP contribution in [0.15, 0.2) is 24.3 Å². The summed E-state index contributed by atoms with van der Waals surface area (Å²) >= 11 is 6.43. The molecule has 0 spiro atoms. The monoisotopic (exact) mass is 494 g/mol. The van der Waals surface area contributed by atoms with Gasteiger partial charge in [-0.25, -0.2) is 0 Å². The van der Waals surface area contributed by atoms with Gasteiger partial charge in [0, 0.05) is 42.0 Å². The van der Waals surface area contributed by atoms with Gasteiger partial charge in [-0.15, -0.1) is 0 Å². The summed E-state index contributed by atoms with van der Waals surface area (Å²) in [5.74, 6) is -2.08. The quantitative estimate of drug-likeness (QED) is 0.343. The van der Waals surface area contributed by atoms with Gasteiger partial charge in [-0.05, 0) is 35.2 Å². The SMILES string of the molecule is Cc1cc(O)cc2c1[C@H]1O[C@@](C)(Cc3cc4c(c(O)c31)C(=O)c1c(O)cc(O)c(Cl)c1C4(C)C)O2.